The van der Waals surface area contributed by atoms with E-state index in [1.165, 1.54) is 0 Å². The second-order valence-electron chi connectivity index (χ2n) is 9.70. The number of ketones is 2. The van der Waals surface area contributed by atoms with Crippen LogP contribution in [0.2, 0.25) is 0 Å². The van der Waals surface area contributed by atoms with Gasteiger partial charge in [0.05, 0.1) is 6.10 Å². The fourth-order valence-corrected chi connectivity index (χ4v) is 7.56. The third-order valence-electron chi connectivity index (χ3n) is 9.06. The molecule has 1 heterocycles. The highest BCUT2D eigenvalue weighted by molar-refractivity contribution is 5.94. The molecule has 26 heavy (non-hydrogen) atoms. The number of carbonyl (C=O) groups excluding carboxylic acids is 2. The van der Waals surface area contributed by atoms with Crippen molar-refractivity contribution in [3.05, 3.63) is 11.6 Å². The topological polar surface area (TPSA) is 63.6 Å². The SMILES string of the molecule is C[C@]12CCC(=O)C=C1CC[C@@H]1[C@@H]3CC[C@@]4(OCC4=O)[C@@]3(C)C[C@H](O)[C@@]12F. The Bertz CT molecular complexity index is 746. The van der Waals surface area contributed by atoms with Crippen LogP contribution in [0.5, 0.6) is 0 Å². The Labute approximate surface area is 153 Å². The number of halogens is 1. The van der Waals surface area contributed by atoms with E-state index in [9.17, 15) is 14.7 Å². The molecular formula is C21H27FO4. The van der Waals surface area contributed by atoms with Crippen LogP contribution in [0, 0.1) is 22.7 Å². The van der Waals surface area contributed by atoms with Crippen LogP contribution >= 0.6 is 0 Å². The molecule has 1 saturated heterocycles. The molecule has 1 N–H and O–H groups in total. The molecule has 1 aliphatic heterocycles. The lowest BCUT2D eigenvalue weighted by atomic mass is 9.43. The van der Waals surface area contributed by atoms with Gasteiger partial charge in [0, 0.05) is 23.2 Å². The van der Waals surface area contributed by atoms with Gasteiger partial charge in [0.25, 0.3) is 0 Å². The molecule has 5 heteroatoms. The monoisotopic (exact) mass is 362 g/mol. The molecule has 7 atom stereocenters. The van der Waals surface area contributed by atoms with Crippen molar-refractivity contribution in [3.63, 3.8) is 0 Å². The van der Waals surface area contributed by atoms with Crippen molar-refractivity contribution in [2.75, 3.05) is 6.61 Å². The van der Waals surface area contributed by atoms with Crippen LogP contribution < -0.4 is 0 Å². The molecule has 3 saturated carbocycles. The Morgan fingerprint density at radius 1 is 1.15 bits per heavy atom. The third-order valence-corrected chi connectivity index (χ3v) is 9.06. The van der Waals surface area contributed by atoms with Crippen LogP contribution in [0.15, 0.2) is 11.6 Å². The molecule has 4 fully saturated rings. The van der Waals surface area contributed by atoms with Gasteiger partial charge in [-0.25, -0.2) is 4.39 Å². The quantitative estimate of drug-likeness (QED) is 0.720. The van der Waals surface area contributed by atoms with Gasteiger partial charge in [-0.05, 0) is 50.5 Å². The first-order chi connectivity index (χ1) is 12.2. The van der Waals surface area contributed by atoms with Gasteiger partial charge in [0.2, 0.25) is 0 Å². The van der Waals surface area contributed by atoms with Gasteiger partial charge in [-0.1, -0.05) is 19.4 Å². The summed E-state index contributed by atoms with van der Waals surface area (Å²) in [5.41, 5.74) is -2.95. The van der Waals surface area contributed by atoms with Crippen LogP contribution in [0.4, 0.5) is 4.39 Å². The normalized spacial score (nSPS) is 55.7. The first-order valence-corrected chi connectivity index (χ1v) is 9.97. The molecule has 0 aromatic rings. The Balaban J connectivity index is 1.61. The second kappa shape index (κ2) is 4.85. The lowest BCUT2D eigenvalue weighted by Crippen LogP contribution is -2.71. The number of alkyl halides is 1. The van der Waals surface area contributed by atoms with Gasteiger partial charge in [0.15, 0.2) is 11.6 Å². The highest BCUT2D eigenvalue weighted by atomic mass is 19.1. The van der Waals surface area contributed by atoms with Gasteiger partial charge in [-0.2, -0.15) is 0 Å². The van der Waals surface area contributed by atoms with Gasteiger partial charge in [0.1, 0.15) is 17.9 Å². The number of hydrogen-bond donors (Lipinski definition) is 1. The van der Waals surface area contributed by atoms with Crippen molar-refractivity contribution < 1.29 is 23.8 Å². The number of ether oxygens (including phenoxy) is 1. The summed E-state index contributed by atoms with van der Waals surface area (Å²) in [4.78, 5) is 24.3. The zero-order valence-corrected chi connectivity index (χ0v) is 15.5. The van der Waals surface area contributed by atoms with Crippen LogP contribution in [0.1, 0.15) is 58.8 Å². The largest absolute Gasteiger partial charge is 0.390 e. The summed E-state index contributed by atoms with van der Waals surface area (Å²) >= 11 is 0. The minimum absolute atomic E-state index is 0.0381. The fourth-order valence-electron chi connectivity index (χ4n) is 7.56. The highest BCUT2D eigenvalue weighted by Crippen LogP contribution is 2.71. The molecule has 0 radical (unpaired) electrons. The minimum Gasteiger partial charge on any atom is -0.390 e. The molecular weight excluding hydrogens is 335 g/mol. The van der Waals surface area contributed by atoms with E-state index in [1.807, 2.05) is 13.8 Å². The average Bonchev–Trinajstić information content (AvgIpc) is 2.90. The standard InChI is InChI=1S/C21H27FO4/c1-18-7-5-13(23)9-12(18)3-4-15-14-6-8-20(17(25)11-26-20)19(14,2)10-16(24)21(15,18)22/h9,14-16,24H,3-8,10-11H2,1-2H3/t14-,15+,16-,18-,19-,20-,21-/m0/s1. The number of hydrogen-bond acceptors (Lipinski definition) is 4. The van der Waals surface area contributed by atoms with E-state index in [4.69, 9.17) is 4.74 Å². The number of carbonyl (C=O) groups is 2. The van der Waals surface area contributed by atoms with E-state index >= 15 is 4.39 Å². The summed E-state index contributed by atoms with van der Waals surface area (Å²) in [6.07, 6.45) is 4.33. The van der Waals surface area contributed by atoms with Crippen molar-refractivity contribution in [2.45, 2.75) is 76.2 Å². The van der Waals surface area contributed by atoms with E-state index < -0.39 is 28.2 Å². The summed E-state index contributed by atoms with van der Waals surface area (Å²) in [7, 11) is 0. The van der Waals surface area contributed by atoms with Crippen LogP contribution in [-0.4, -0.2) is 40.7 Å². The van der Waals surface area contributed by atoms with Crippen LogP contribution in [0.25, 0.3) is 0 Å². The fraction of sp³-hybridized carbons (Fsp3) is 0.810. The zero-order valence-electron chi connectivity index (χ0n) is 15.5. The first-order valence-electron chi connectivity index (χ1n) is 9.97. The average molecular weight is 362 g/mol. The smallest absolute Gasteiger partial charge is 0.190 e. The number of rotatable bonds is 0. The van der Waals surface area contributed by atoms with Gasteiger partial charge >= 0.3 is 0 Å². The summed E-state index contributed by atoms with van der Waals surface area (Å²) < 4.78 is 22.6. The minimum atomic E-state index is -1.74. The third kappa shape index (κ3) is 1.60. The molecule has 0 bridgehead atoms. The maximum absolute atomic E-state index is 16.8. The summed E-state index contributed by atoms with van der Waals surface area (Å²) in [5.74, 6) is -0.0611. The Morgan fingerprint density at radius 2 is 1.92 bits per heavy atom. The number of aliphatic hydroxyl groups excluding tert-OH is 1. The van der Waals surface area contributed by atoms with Crippen molar-refractivity contribution >= 4 is 11.6 Å². The number of allylic oxidation sites excluding steroid dienone is 1. The second-order valence-corrected chi connectivity index (χ2v) is 9.70. The Kier molecular flexibility index (Phi) is 3.18. The van der Waals surface area contributed by atoms with Crippen molar-refractivity contribution in [2.24, 2.45) is 22.7 Å². The predicted octanol–water partition coefficient (Wildman–Crippen LogP) is 2.92. The van der Waals surface area contributed by atoms with Gasteiger partial charge < -0.3 is 9.84 Å². The predicted molar refractivity (Wildman–Crippen MR) is 92.1 cm³/mol. The maximum Gasteiger partial charge on any atom is 0.190 e. The van der Waals surface area contributed by atoms with Crippen molar-refractivity contribution in [3.8, 4) is 0 Å². The number of aliphatic hydroxyl groups is 1. The molecule has 0 unspecified atom stereocenters. The molecule has 5 rings (SSSR count). The summed E-state index contributed by atoms with van der Waals surface area (Å²) in [6, 6.07) is 0. The van der Waals surface area contributed by atoms with E-state index in [0.717, 1.165) is 12.0 Å². The van der Waals surface area contributed by atoms with E-state index in [0.29, 0.717) is 32.1 Å². The molecule has 142 valence electrons. The Morgan fingerprint density at radius 3 is 2.58 bits per heavy atom. The summed E-state index contributed by atoms with van der Waals surface area (Å²) in [6.45, 7) is 4.08. The molecule has 4 aliphatic carbocycles. The van der Waals surface area contributed by atoms with E-state index in [-0.39, 0.29) is 36.4 Å². The van der Waals surface area contributed by atoms with E-state index in [1.54, 1.807) is 6.08 Å². The van der Waals surface area contributed by atoms with Crippen LogP contribution in [-0.2, 0) is 14.3 Å². The van der Waals surface area contributed by atoms with Gasteiger partial charge in [-0.3, -0.25) is 9.59 Å². The first kappa shape index (κ1) is 17.1. The molecule has 0 aromatic heterocycles. The van der Waals surface area contributed by atoms with Gasteiger partial charge in [-0.15, -0.1) is 0 Å². The lowest BCUT2D eigenvalue weighted by molar-refractivity contribution is -0.250. The Hall–Kier alpha value is -1.07. The number of Topliss-reactive ketones (excluding diaryl/α,β-unsaturated/α-hetero) is 1. The highest BCUT2D eigenvalue weighted by Gasteiger charge is 2.76. The van der Waals surface area contributed by atoms with Crippen molar-refractivity contribution in [1.29, 1.82) is 0 Å². The number of fused-ring (bicyclic) bond motifs is 6. The molecule has 0 aromatic carbocycles. The molecule has 0 amide bonds. The van der Waals surface area contributed by atoms with E-state index in [2.05, 4.69) is 0 Å². The van der Waals surface area contributed by atoms with Crippen LogP contribution in [0.3, 0.4) is 0 Å². The molecule has 5 aliphatic rings. The molecule has 4 nitrogen and oxygen atoms in total. The molecule has 1 spiro atoms. The van der Waals surface area contributed by atoms with Crippen molar-refractivity contribution in [1.82, 2.24) is 0 Å². The maximum atomic E-state index is 16.8. The lowest BCUT2D eigenvalue weighted by Gasteiger charge is -2.64. The zero-order chi connectivity index (χ0) is 18.5. The summed E-state index contributed by atoms with van der Waals surface area (Å²) in [5, 5.41) is 11.1.